The van der Waals surface area contributed by atoms with E-state index in [4.69, 9.17) is 4.74 Å². The Bertz CT molecular complexity index is 1320. The highest BCUT2D eigenvalue weighted by atomic mass is 19.4. The minimum atomic E-state index is -5.31. The van der Waals surface area contributed by atoms with E-state index in [0.717, 1.165) is 18.9 Å². The van der Waals surface area contributed by atoms with Crippen LogP contribution in [0.15, 0.2) is 29.1 Å². The van der Waals surface area contributed by atoms with Crippen molar-refractivity contribution in [2.45, 2.75) is 44.8 Å². The van der Waals surface area contributed by atoms with Crippen molar-refractivity contribution >= 4 is 17.8 Å². The Labute approximate surface area is 220 Å². The summed E-state index contributed by atoms with van der Waals surface area (Å²) in [6.07, 6.45) is -3.66. The smallest absolute Gasteiger partial charge is 0.379 e. The molecule has 0 radical (unpaired) electrons. The molecular formula is C25H27F4N4O6+. The van der Waals surface area contributed by atoms with Crippen LogP contribution >= 0.6 is 0 Å². The lowest BCUT2D eigenvalue weighted by atomic mass is 10.0. The van der Waals surface area contributed by atoms with E-state index in [1.165, 1.54) is 23.1 Å². The molecule has 0 spiro atoms. The fourth-order valence-electron chi connectivity index (χ4n) is 4.60. The minimum absolute atomic E-state index is 0.0486. The summed E-state index contributed by atoms with van der Waals surface area (Å²) in [5.41, 5.74) is -0.631. The van der Waals surface area contributed by atoms with Gasteiger partial charge in [0.2, 0.25) is 5.91 Å². The zero-order valence-electron chi connectivity index (χ0n) is 21.1. The molecule has 2 aliphatic rings. The van der Waals surface area contributed by atoms with Crippen molar-refractivity contribution in [1.29, 1.82) is 0 Å². The monoisotopic (exact) mass is 555 g/mol. The van der Waals surface area contributed by atoms with E-state index in [0.29, 0.717) is 18.1 Å². The van der Waals surface area contributed by atoms with E-state index in [1.807, 2.05) is 0 Å². The van der Waals surface area contributed by atoms with Crippen LogP contribution in [0.2, 0.25) is 0 Å². The number of alkyl halides is 3. The molecule has 0 aliphatic carbocycles. The lowest BCUT2D eigenvalue weighted by Gasteiger charge is -2.40. The molecule has 3 heterocycles. The second-order valence-electron chi connectivity index (χ2n) is 9.30. The highest BCUT2D eigenvalue weighted by Gasteiger charge is 2.45. The fraction of sp³-hybridized carbons (Fsp3) is 0.480. The number of aromatic nitrogens is 2. The van der Waals surface area contributed by atoms with Crippen molar-refractivity contribution in [3.8, 4) is 0 Å². The number of hydrogen-bond donors (Lipinski definition) is 1. The lowest BCUT2D eigenvalue weighted by Crippen LogP contribution is -2.58. The first-order valence-electron chi connectivity index (χ1n) is 12.4. The Morgan fingerprint density at radius 1 is 1.21 bits per heavy atom. The van der Waals surface area contributed by atoms with E-state index in [1.54, 1.807) is 11.8 Å². The van der Waals surface area contributed by atoms with Crippen LogP contribution in [0.5, 0.6) is 0 Å². The number of aromatic amines is 1. The molecule has 14 heteroatoms. The number of benzene rings is 1. The second-order valence-corrected chi connectivity index (χ2v) is 9.30. The molecular weight excluding hydrogens is 528 g/mol. The van der Waals surface area contributed by atoms with Crippen LogP contribution in [0.4, 0.5) is 17.6 Å². The quantitative estimate of drug-likeness (QED) is 0.420. The average molecular weight is 556 g/mol. The number of hydrogen-bond acceptors (Lipinski definition) is 6. The SMILES string of the molecule is CCc1cc(Cc2ccc(F)c(C(=O)N3CCN(C4CCCOC4)C(=O)C3)c2)[n+](OC(=O)C(F)(F)F)[nH]c1=O. The second kappa shape index (κ2) is 11.5. The van der Waals surface area contributed by atoms with Crippen LogP contribution < -0.4 is 15.2 Å². The van der Waals surface area contributed by atoms with Crippen molar-refractivity contribution in [3.05, 3.63) is 62.8 Å². The van der Waals surface area contributed by atoms with Gasteiger partial charge < -0.3 is 14.5 Å². The van der Waals surface area contributed by atoms with Crippen LogP contribution in [0.25, 0.3) is 0 Å². The molecule has 2 fully saturated rings. The Kier molecular flexibility index (Phi) is 8.33. The summed E-state index contributed by atoms with van der Waals surface area (Å²) in [7, 11) is 0. The molecule has 4 rings (SSSR count). The van der Waals surface area contributed by atoms with Gasteiger partial charge in [-0.2, -0.15) is 18.0 Å². The van der Waals surface area contributed by atoms with E-state index < -0.39 is 29.4 Å². The summed E-state index contributed by atoms with van der Waals surface area (Å²) in [6, 6.07) is 4.76. The lowest BCUT2D eigenvalue weighted by molar-refractivity contribution is -0.921. The van der Waals surface area contributed by atoms with E-state index in [2.05, 4.69) is 9.94 Å². The Morgan fingerprint density at radius 2 is 1.97 bits per heavy atom. The van der Waals surface area contributed by atoms with Gasteiger partial charge in [0.25, 0.3) is 11.6 Å². The number of aryl methyl sites for hydroxylation is 1. The first-order chi connectivity index (χ1) is 18.5. The molecule has 1 aromatic heterocycles. The van der Waals surface area contributed by atoms with Gasteiger partial charge in [0, 0.05) is 31.3 Å². The first kappa shape index (κ1) is 28.2. The number of carbonyl (C=O) groups excluding carboxylic acids is 3. The average Bonchev–Trinajstić information content (AvgIpc) is 2.90. The molecule has 2 aliphatic heterocycles. The number of rotatable bonds is 6. The Hall–Kier alpha value is -3.81. The van der Waals surface area contributed by atoms with Gasteiger partial charge in [0.05, 0.1) is 24.6 Å². The summed E-state index contributed by atoms with van der Waals surface area (Å²) >= 11 is 0. The molecule has 1 N–H and O–H groups in total. The Morgan fingerprint density at radius 3 is 2.62 bits per heavy atom. The number of ether oxygens (including phenoxy) is 1. The van der Waals surface area contributed by atoms with Crippen LogP contribution in [-0.4, -0.2) is 77.7 Å². The number of nitrogens with one attached hydrogen (secondary N) is 1. The third-order valence-electron chi connectivity index (χ3n) is 6.65. The van der Waals surface area contributed by atoms with Crippen molar-refractivity contribution in [3.63, 3.8) is 0 Å². The third kappa shape index (κ3) is 6.44. The summed E-state index contributed by atoms with van der Waals surface area (Å²) in [5.74, 6) is -4.37. The van der Waals surface area contributed by atoms with Crippen molar-refractivity contribution in [2.24, 2.45) is 0 Å². The molecule has 0 saturated carbocycles. The van der Waals surface area contributed by atoms with Gasteiger partial charge in [-0.1, -0.05) is 18.1 Å². The number of carbonyl (C=O) groups is 3. The summed E-state index contributed by atoms with van der Waals surface area (Å²) in [6.45, 7) is 2.96. The predicted molar refractivity (Wildman–Crippen MR) is 125 cm³/mol. The standard InChI is InChI=1S/C25H26F4N4O6/c1-2-16-12-18(33(30-22(16)35)39-24(37)25(27,28)29)10-15-5-6-20(26)19(11-15)23(36)31-7-8-32(21(34)13-31)17-4-3-9-38-14-17/h5-6,11-12,17H,2-4,7-10,13-14H2,1H3/p+1. The number of halogens is 4. The van der Waals surface area contributed by atoms with Gasteiger partial charge in [0.1, 0.15) is 17.2 Å². The topological polar surface area (TPSA) is 113 Å². The molecule has 1 atom stereocenters. The molecule has 10 nitrogen and oxygen atoms in total. The summed E-state index contributed by atoms with van der Waals surface area (Å²) in [4.78, 5) is 57.0. The number of amides is 2. The van der Waals surface area contributed by atoms with Gasteiger partial charge in [-0.05, 0) is 37.0 Å². The molecule has 2 aromatic rings. The molecule has 39 heavy (non-hydrogen) atoms. The first-order valence-corrected chi connectivity index (χ1v) is 12.4. The largest absolute Gasteiger partial charge is 0.498 e. The molecule has 1 unspecified atom stereocenters. The molecule has 0 bridgehead atoms. The van der Waals surface area contributed by atoms with Crippen molar-refractivity contribution in [1.82, 2.24) is 14.9 Å². The zero-order valence-corrected chi connectivity index (χ0v) is 21.1. The molecule has 2 amide bonds. The number of piperazine rings is 1. The maximum Gasteiger partial charge on any atom is 0.498 e. The third-order valence-corrected chi connectivity index (χ3v) is 6.65. The van der Waals surface area contributed by atoms with Gasteiger partial charge >= 0.3 is 17.7 Å². The van der Waals surface area contributed by atoms with Crippen LogP contribution in [0.1, 0.15) is 46.9 Å². The van der Waals surface area contributed by atoms with Crippen molar-refractivity contribution in [2.75, 3.05) is 32.8 Å². The molecule has 1 aromatic carbocycles. The summed E-state index contributed by atoms with van der Waals surface area (Å²) in [5, 5.41) is 2.07. The van der Waals surface area contributed by atoms with Gasteiger partial charge in [0.15, 0.2) is 0 Å². The highest BCUT2D eigenvalue weighted by molar-refractivity contribution is 5.97. The molecule has 210 valence electrons. The van der Waals surface area contributed by atoms with Crippen LogP contribution in [0, 0.1) is 5.82 Å². The van der Waals surface area contributed by atoms with Gasteiger partial charge in [-0.25, -0.2) is 9.18 Å². The highest BCUT2D eigenvalue weighted by Crippen LogP contribution is 2.20. The van der Waals surface area contributed by atoms with Gasteiger partial charge in [-0.15, -0.1) is 0 Å². The number of nitrogens with zero attached hydrogens (tertiary/aromatic N) is 3. The predicted octanol–water partition coefficient (Wildman–Crippen LogP) is 0.936. The summed E-state index contributed by atoms with van der Waals surface area (Å²) < 4.78 is 58.5. The maximum atomic E-state index is 14.7. The maximum absolute atomic E-state index is 14.7. The van der Waals surface area contributed by atoms with Gasteiger partial charge in [-0.3, -0.25) is 14.4 Å². The van der Waals surface area contributed by atoms with E-state index in [9.17, 15) is 36.7 Å². The number of H-pyrrole nitrogens is 1. The zero-order chi connectivity index (χ0) is 28.3. The fourth-order valence-corrected chi connectivity index (χ4v) is 4.60. The normalized spacial score (nSPS) is 18.3. The van der Waals surface area contributed by atoms with Crippen molar-refractivity contribution < 1.29 is 46.4 Å². The van der Waals surface area contributed by atoms with Crippen LogP contribution in [-0.2, 0) is 27.2 Å². The van der Waals surface area contributed by atoms with Crippen LogP contribution in [0.3, 0.4) is 0 Å². The van der Waals surface area contributed by atoms with E-state index >= 15 is 0 Å². The minimum Gasteiger partial charge on any atom is -0.379 e. The van der Waals surface area contributed by atoms with E-state index in [-0.39, 0.29) is 66.8 Å². The molecule has 2 saturated heterocycles. The Balaban J connectivity index is 1.55.